The number of benzene rings is 1. The average Bonchev–Trinajstić information content (AvgIpc) is 2.62. The van der Waals surface area contributed by atoms with E-state index in [1.54, 1.807) is 0 Å². The van der Waals surface area contributed by atoms with E-state index in [9.17, 15) is 0 Å². The number of anilines is 2. The topological polar surface area (TPSA) is 64.3 Å². The van der Waals surface area contributed by atoms with Gasteiger partial charge in [-0.15, -0.1) is 0 Å². The molecule has 0 atom stereocenters. The predicted octanol–water partition coefficient (Wildman–Crippen LogP) is 2.72. The number of morpholine rings is 1. The first-order chi connectivity index (χ1) is 11.3. The molecule has 5 nitrogen and oxygen atoms in total. The number of rotatable bonds is 2. The summed E-state index contributed by atoms with van der Waals surface area (Å²) in [6.45, 7) is 3.37. The molecule has 116 valence electrons. The molecular formula is C18H18N4O. The van der Waals surface area contributed by atoms with Gasteiger partial charge in [-0.2, -0.15) is 0 Å². The molecule has 1 aliphatic heterocycles. The lowest BCUT2D eigenvalue weighted by Crippen LogP contribution is -2.36. The molecule has 0 unspecified atom stereocenters. The van der Waals surface area contributed by atoms with Crippen LogP contribution in [0.1, 0.15) is 0 Å². The average molecular weight is 306 g/mol. The van der Waals surface area contributed by atoms with E-state index in [0.717, 1.165) is 37.3 Å². The van der Waals surface area contributed by atoms with Crippen LogP contribution in [0.5, 0.6) is 0 Å². The van der Waals surface area contributed by atoms with Crippen molar-refractivity contribution >= 4 is 22.5 Å². The maximum Gasteiger partial charge on any atom is 0.161 e. The Morgan fingerprint density at radius 3 is 2.74 bits per heavy atom. The fourth-order valence-corrected chi connectivity index (χ4v) is 2.97. The van der Waals surface area contributed by atoms with E-state index < -0.39 is 0 Å². The number of nitrogen functional groups attached to an aromatic ring is 1. The zero-order valence-corrected chi connectivity index (χ0v) is 12.8. The van der Waals surface area contributed by atoms with Gasteiger partial charge in [-0.05, 0) is 24.3 Å². The van der Waals surface area contributed by atoms with Gasteiger partial charge in [0.25, 0.3) is 0 Å². The molecule has 4 rings (SSSR count). The molecule has 1 aromatic carbocycles. The number of aromatic nitrogens is 2. The number of hydrogen-bond donors (Lipinski definition) is 1. The third kappa shape index (κ3) is 2.71. The van der Waals surface area contributed by atoms with E-state index in [1.807, 2.05) is 18.3 Å². The fourth-order valence-electron chi connectivity index (χ4n) is 2.97. The minimum atomic E-state index is 0.492. The molecule has 1 fully saturated rings. The first-order valence-electron chi connectivity index (χ1n) is 7.76. The first kappa shape index (κ1) is 14.0. The van der Waals surface area contributed by atoms with Crippen LogP contribution in [0.4, 0.5) is 11.5 Å². The molecule has 0 radical (unpaired) electrons. The molecule has 0 amide bonds. The molecule has 1 aliphatic rings. The molecular weight excluding hydrogens is 288 g/mol. The normalized spacial score (nSPS) is 15.0. The summed E-state index contributed by atoms with van der Waals surface area (Å²) in [7, 11) is 0. The molecule has 0 bridgehead atoms. The van der Waals surface area contributed by atoms with Crippen molar-refractivity contribution in [2.24, 2.45) is 0 Å². The molecule has 0 aliphatic carbocycles. The quantitative estimate of drug-likeness (QED) is 0.788. The lowest BCUT2D eigenvalue weighted by atomic mass is 10.0. The van der Waals surface area contributed by atoms with Gasteiger partial charge in [0.1, 0.15) is 5.82 Å². The minimum Gasteiger partial charge on any atom is -0.384 e. The lowest BCUT2D eigenvalue weighted by Gasteiger charge is -2.30. The highest BCUT2D eigenvalue weighted by Gasteiger charge is 2.15. The van der Waals surface area contributed by atoms with Gasteiger partial charge in [-0.25, -0.2) is 9.97 Å². The summed E-state index contributed by atoms with van der Waals surface area (Å²) < 4.78 is 5.46. The van der Waals surface area contributed by atoms with Crippen LogP contribution in [0, 0.1) is 0 Å². The van der Waals surface area contributed by atoms with E-state index in [0.29, 0.717) is 11.5 Å². The van der Waals surface area contributed by atoms with Crippen molar-refractivity contribution in [3.63, 3.8) is 0 Å². The first-order valence-corrected chi connectivity index (χ1v) is 7.76. The van der Waals surface area contributed by atoms with E-state index in [1.165, 1.54) is 11.3 Å². The maximum absolute atomic E-state index is 5.73. The summed E-state index contributed by atoms with van der Waals surface area (Å²) in [4.78, 5) is 11.1. The van der Waals surface area contributed by atoms with Gasteiger partial charge in [0, 0.05) is 41.5 Å². The number of hydrogen-bond acceptors (Lipinski definition) is 5. The zero-order valence-electron chi connectivity index (χ0n) is 12.8. The summed E-state index contributed by atoms with van der Waals surface area (Å²) in [5.41, 5.74) is 9.90. The molecule has 5 heteroatoms. The van der Waals surface area contributed by atoms with Gasteiger partial charge < -0.3 is 15.4 Å². The van der Waals surface area contributed by atoms with Crippen LogP contribution >= 0.6 is 0 Å². The monoisotopic (exact) mass is 306 g/mol. The summed E-state index contributed by atoms with van der Waals surface area (Å²) in [6.07, 6.45) is 1.87. The number of para-hydroxylation sites is 1. The number of ether oxygens (including phenoxy) is 1. The highest BCUT2D eigenvalue weighted by atomic mass is 16.5. The Kier molecular flexibility index (Phi) is 3.55. The Morgan fingerprint density at radius 1 is 1.04 bits per heavy atom. The second-order valence-corrected chi connectivity index (χ2v) is 5.62. The molecule has 2 aromatic heterocycles. The summed E-state index contributed by atoms with van der Waals surface area (Å²) in [5.74, 6) is 0.492. The van der Waals surface area contributed by atoms with Crippen molar-refractivity contribution in [2.75, 3.05) is 36.9 Å². The predicted molar refractivity (Wildman–Crippen MR) is 92.4 cm³/mol. The fraction of sp³-hybridized carbons (Fsp3) is 0.222. The van der Waals surface area contributed by atoms with Crippen LogP contribution < -0.4 is 10.6 Å². The number of pyridine rings is 2. The van der Waals surface area contributed by atoms with Crippen molar-refractivity contribution in [3.8, 4) is 11.1 Å². The molecule has 23 heavy (non-hydrogen) atoms. The molecule has 0 saturated carbocycles. The van der Waals surface area contributed by atoms with Crippen LogP contribution in [0.3, 0.4) is 0 Å². The van der Waals surface area contributed by atoms with E-state index >= 15 is 0 Å². The van der Waals surface area contributed by atoms with Crippen molar-refractivity contribution in [3.05, 3.63) is 48.7 Å². The third-order valence-corrected chi connectivity index (χ3v) is 4.13. The second kappa shape index (κ2) is 5.85. The maximum atomic E-state index is 5.73. The van der Waals surface area contributed by atoms with Crippen LogP contribution in [-0.4, -0.2) is 36.3 Å². The van der Waals surface area contributed by atoms with Gasteiger partial charge in [0.15, 0.2) is 5.65 Å². The third-order valence-electron chi connectivity index (χ3n) is 4.13. The Morgan fingerprint density at radius 2 is 1.87 bits per heavy atom. The Balaban J connectivity index is 1.79. The zero-order chi connectivity index (χ0) is 15.6. The highest BCUT2D eigenvalue weighted by Crippen LogP contribution is 2.32. The highest BCUT2D eigenvalue weighted by molar-refractivity contribution is 5.86. The van der Waals surface area contributed by atoms with Crippen LogP contribution in [-0.2, 0) is 4.74 Å². The SMILES string of the molecule is Nc1ccc2cc(-c3ccccc3N3CCOCC3)cnc2n1. The van der Waals surface area contributed by atoms with Gasteiger partial charge in [0.05, 0.1) is 13.2 Å². The Hall–Kier alpha value is -2.66. The largest absolute Gasteiger partial charge is 0.384 e. The van der Waals surface area contributed by atoms with Gasteiger partial charge in [-0.1, -0.05) is 18.2 Å². The van der Waals surface area contributed by atoms with Crippen LogP contribution in [0.15, 0.2) is 48.7 Å². The number of nitrogens with two attached hydrogens (primary N) is 1. The Bertz CT molecular complexity index is 843. The van der Waals surface area contributed by atoms with E-state index in [4.69, 9.17) is 10.5 Å². The second-order valence-electron chi connectivity index (χ2n) is 5.62. The molecule has 1 saturated heterocycles. The van der Waals surface area contributed by atoms with E-state index in [2.05, 4.69) is 45.2 Å². The standard InChI is InChI=1S/C18H18N4O/c19-17-6-5-13-11-14(12-20-18(13)21-17)15-3-1-2-4-16(15)22-7-9-23-10-8-22/h1-6,11-12H,7-10H2,(H2,19,20,21). The number of fused-ring (bicyclic) bond motifs is 1. The summed E-state index contributed by atoms with van der Waals surface area (Å²) >= 11 is 0. The smallest absolute Gasteiger partial charge is 0.161 e. The number of nitrogens with zero attached hydrogens (tertiary/aromatic N) is 3. The minimum absolute atomic E-state index is 0.492. The molecule has 0 spiro atoms. The van der Waals surface area contributed by atoms with Crippen molar-refractivity contribution in [1.29, 1.82) is 0 Å². The Labute approximate surface area is 134 Å². The van der Waals surface area contributed by atoms with Crippen LogP contribution in [0.25, 0.3) is 22.2 Å². The van der Waals surface area contributed by atoms with Crippen molar-refractivity contribution in [2.45, 2.75) is 0 Å². The van der Waals surface area contributed by atoms with Gasteiger partial charge in [0.2, 0.25) is 0 Å². The molecule has 2 N–H and O–H groups in total. The van der Waals surface area contributed by atoms with Gasteiger partial charge >= 0.3 is 0 Å². The van der Waals surface area contributed by atoms with Crippen molar-refractivity contribution < 1.29 is 4.74 Å². The van der Waals surface area contributed by atoms with E-state index in [-0.39, 0.29) is 0 Å². The lowest BCUT2D eigenvalue weighted by molar-refractivity contribution is 0.123. The van der Waals surface area contributed by atoms with Gasteiger partial charge in [-0.3, -0.25) is 0 Å². The molecule has 3 heterocycles. The molecule has 3 aromatic rings. The summed E-state index contributed by atoms with van der Waals surface area (Å²) in [6, 6.07) is 14.3. The van der Waals surface area contributed by atoms with Crippen LogP contribution in [0.2, 0.25) is 0 Å². The van der Waals surface area contributed by atoms with Crippen molar-refractivity contribution in [1.82, 2.24) is 9.97 Å². The summed E-state index contributed by atoms with van der Waals surface area (Å²) in [5, 5.41) is 0.994.